The van der Waals surface area contributed by atoms with Crippen LogP contribution in [0.4, 0.5) is 0 Å². The Morgan fingerprint density at radius 2 is 1.86 bits per heavy atom. The predicted octanol–water partition coefficient (Wildman–Crippen LogP) is 3.40. The highest BCUT2D eigenvalue weighted by Crippen LogP contribution is 2.24. The summed E-state index contributed by atoms with van der Waals surface area (Å²) < 4.78 is 29.5. The molecule has 2 aromatic carbocycles. The molecule has 0 aliphatic carbocycles. The number of benzene rings is 2. The lowest BCUT2D eigenvalue weighted by molar-refractivity contribution is 0.112. The molecule has 2 rings (SSSR count). The molecule has 0 aromatic heterocycles. The summed E-state index contributed by atoms with van der Waals surface area (Å²) >= 11 is 0. The zero-order valence-electron chi connectivity index (χ0n) is 12.3. The molecule has 0 radical (unpaired) electrons. The van der Waals surface area contributed by atoms with E-state index in [1.165, 1.54) is 12.1 Å². The van der Waals surface area contributed by atoms with Crippen molar-refractivity contribution in [2.24, 2.45) is 5.41 Å². The van der Waals surface area contributed by atoms with Crippen LogP contribution in [0.25, 0.3) is 10.8 Å². The first-order valence-electron chi connectivity index (χ1n) is 6.60. The van der Waals surface area contributed by atoms with E-state index in [0.29, 0.717) is 10.9 Å². The minimum atomic E-state index is -3.79. The third-order valence-corrected chi connectivity index (χ3v) is 4.21. The molecule has 4 nitrogen and oxygen atoms in total. The van der Waals surface area contributed by atoms with Crippen molar-refractivity contribution in [1.29, 1.82) is 0 Å². The Kier molecular flexibility index (Phi) is 4.16. The molecule has 112 valence electrons. The highest BCUT2D eigenvalue weighted by atomic mass is 32.2. The molecule has 0 aliphatic rings. The van der Waals surface area contributed by atoms with Gasteiger partial charge in [-0.3, -0.25) is 8.98 Å². The number of carbonyl (C=O) groups is 1. The minimum absolute atomic E-state index is 0.0994. The summed E-state index contributed by atoms with van der Waals surface area (Å²) in [5, 5.41) is 1.42. The van der Waals surface area contributed by atoms with Crippen molar-refractivity contribution in [3.8, 4) is 0 Å². The summed E-state index contributed by atoms with van der Waals surface area (Å²) in [6.07, 6.45) is 0.757. The fourth-order valence-corrected chi connectivity index (χ4v) is 3.02. The number of fused-ring (bicyclic) bond motifs is 1. The summed E-state index contributed by atoms with van der Waals surface area (Å²) in [6, 6.07) is 9.81. The minimum Gasteiger partial charge on any atom is -0.298 e. The van der Waals surface area contributed by atoms with Gasteiger partial charge >= 0.3 is 0 Å². The standard InChI is InChI=1S/C16H18O4S/c1-16(2,3)11-20-21(18,19)14-7-8-15-12(9-14)5-4-6-13(15)10-17/h4-10H,11H2,1-3H3. The first kappa shape index (κ1) is 15.7. The Morgan fingerprint density at radius 1 is 1.14 bits per heavy atom. The SMILES string of the molecule is CC(C)(C)COS(=O)(=O)c1ccc2c(C=O)cccc2c1. The van der Waals surface area contributed by atoms with E-state index in [0.717, 1.165) is 11.7 Å². The summed E-state index contributed by atoms with van der Waals surface area (Å²) in [4.78, 5) is 11.1. The van der Waals surface area contributed by atoms with Crippen LogP contribution in [0.3, 0.4) is 0 Å². The van der Waals surface area contributed by atoms with E-state index in [1.54, 1.807) is 24.3 Å². The number of hydrogen-bond donors (Lipinski definition) is 0. The molecule has 0 bridgehead atoms. The van der Waals surface area contributed by atoms with Gasteiger partial charge < -0.3 is 0 Å². The first-order chi connectivity index (χ1) is 9.73. The normalized spacial score (nSPS) is 12.5. The molecule has 5 heteroatoms. The largest absolute Gasteiger partial charge is 0.298 e. The second-order valence-corrected chi connectivity index (χ2v) is 7.74. The van der Waals surface area contributed by atoms with Crippen molar-refractivity contribution in [2.45, 2.75) is 25.7 Å². The van der Waals surface area contributed by atoms with Crippen molar-refractivity contribution < 1.29 is 17.4 Å². The van der Waals surface area contributed by atoms with E-state index >= 15 is 0 Å². The van der Waals surface area contributed by atoms with Crippen LogP contribution in [-0.2, 0) is 14.3 Å². The van der Waals surface area contributed by atoms with Crippen molar-refractivity contribution in [1.82, 2.24) is 0 Å². The molecule has 0 atom stereocenters. The van der Waals surface area contributed by atoms with Crippen LogP contribution >= 0.6 is 0 Å². The van der Waals surface area contributed by atoms with E-state index in [9.17, 15) is 13.2 Å². The zero-order valence-corrected chi connectivity index (χ0v) is 13.1. The van der Waals surface area contributed by atoms with Gasteiger partial charge in [0.1, 0.15) is 0 Å². The highest BCUT2D eigenvalue weighted by Gasteiger charge is 2.20. The van der Waals surface area contributed by atoms with E-state index in [4.69, 9.17) is 4.18 Å². The fourth-order valence-electron chi connectivity index (χ4n) is 1.87. The number of aldehydes is 1. The maximum absolute atomic E-state index is 12.2. The zero-order chi connectivity index (χ0) is 15.7. The van der Waals surface area contributed by atoms with Crippen molar-refractivity contribution >= 4 is 27.2 Å². The van der Waals surface area contributed by atoms with E-state index in [-0.39, 0.29) is 16.9 Å². The second kappa shape index (κ2) is 5.58. The molecule has 0 N–H and O–H groups in total. The topological polar surface area (TPSA) is 60.4 Å². The summed E-state index contributed by atoms with van der Waals surface area (Å²) in [6.45, 7) is 5.82. The van der Waals surface area contributed by atoms with Gasteiger partial charge in [-0.2, -0.15) is 8.42 Å². The average molecular weight is 306 g/mol. The van der Waals surface area contributed by atoms with Crippen LogP contribution in [0.1, 0.15) is 31.1 Å². The van der Waals surface area contributed by atoms with Crippen LogP contribution in [0.15, 0.2) is 41.3 Å². The number of rotatable bonds is 4. The quantitative estimate of drug-likeness (QED) is 0.641. The van der Waals surface area contributed by atoms with Gasteiger partial charge in [-0.1, -0.05) is 45.0 Å². The van der Waals surface area contributed by atoms with Crippen LogP contribution in [-0.4, -0.2) is 21.3 Å². The molecule has 2 aromatic rings. The molecule has 0 spiro atoms. The van der Waals surface area contributed by atoms with E-state index < -0.39 is 10.1 Å². The molecule has 0 saturated heterocycles. The van der Waals surface area contributed by atoms with Gasteiger partial charge in [0.25, 0.3) is 10.1 Å². The summed E-state index contributed by atoms with van der Waals surface area (Å²) in [5.74, 6) is 0. The van der Waals surface area contributed by atoms with E-state index in [1.807, 2.05) is 20.8 Å². The lowest BCUT2D eigenvalue weighted by atomic mass is 9.99. The maximum atomic E-state index is 12.2. The maximum Gasteiger partial charge on any atom is 0.297 e. The molecular formula is C16H18O4S. The summed E-state index contributed by atoms with van der Waals surface area (Å²) in [5.41, 5.74) is 0.293. The second-order valence-electron chi connectivity index (χ2n) is 6.13. The Bertz CT molecular complexity index is 770. The Morgan fingerprint density at radius 3 is 2.48 bits per heavy atom. The van der Waals surface area contributed by atoms with Gasteiger partial charge in [0.2, 0.25) is 0 Å². The Labute approximate surface area is 124 Å². The van der Waals surface area contributed by atoms with Gasteiger partial charge in [0, 0.05) is 5.56 Å². The third kappa shape index (κ3) is 3.68. The fraction of sp³-hybridized carbons (Fsp3) is 0.312. The lowest BCUT2D eigenvalue weighted by Crippen LogP contribution is -2.18. The molecule has 0 aliphatic heterocycles. The Balaban J connectivity index is 2.41. The summed E-state index contributed by atoms with van der Waals surface area (Å²) in [7, 11) is -3.79. The molecule has 0 heterocycles. The van der Waals surface area contributed by atoms with Crippen molar-refractivity contribution in [3.05, 3.63) is 42.0 Å². The van der Waals surface area contributed by atoms with Crippen molar-refractivity contribution in [2.75, 3.05) is 6.61 Å². The van der Waals surface area contributed by atoms with Gasteiger partial charge in [-0.05, 0) is 28.3 Å². The molecule has 0 amide bonds. The molecule has 0 unspecified atom stereocenters. The van der Waals surface area contributed by atoms with Crippen LogP contribution in [0, 0.1) is 5.41 Å². The lowest BCUT2D eigenvalue weighted by Gasteiger charge is -2.17. The number of carbonyl (C=O) groups excluding carboxylic acids is 1. The van der Waals surface area contributed by atoms with Crippen molar-refractivity contribution in [3.63, 3.8) is 0 Å². The highest BCUT2D eigenvalue weighted by molar-refractivity contribution is 7.86. The smallest absolute Gasteiger partial charge is 0.297 e. The molecule has 21 heavy (non-hydrogen) atoms. The monoisotopic (exact) mass is 306 g/mol. The average Bonchev–Trinajstić information content (AvgIpc) is 2.43. The number of hydrogen-bond acceptors (Lipinski definition) is 4. The van der Waals surface area contributed by atoms with Gasteiger partial charge in [-0.25, -0.2) is 0 Å². The molecule has 0 fully saturated rings. The van der Waals surface area contributed by atoms with Gasteiger partial charge in [-0.15, -0.1) is 0 Å². The van der Waals surface area contributed by atoms with Gasteiger partial charge in [0.05, 0.1) is 11.5 Å². The van der Waals surface area contributed by atoms with Gasteiger partial charge in [0.15, 0.2) is 6.29 Å². The predicted molar refractivity (Wildman–Crippen MR) is 81.9 cm³/mol. The van der Waals surface area contributed by atoms with Crippen LogP contribution in [0.2, 0.25) is 0 Å². The molecular weight excluding hydrogens is 288 g/mol. The van der Waals surface area contributed by atoms with E-state index in [2.05, 4.69) is 0 Å². The van der Waals surface area contributed by atoms with Crippen LogP contribution < -0.4 is 0 Å². The van der Waals surface area contributed by atoms with Crippen LogP contribution in [0.5, 0.6) is 0 Å². The third-order valence-electron chi connectivity index (χ3n) is 2.95. The first-order valence-corrected chi connectivity index (χ1v) is 8.01. The Hall–Kier alpha value is -1.72. The molecule has 0 saturated carbocycles.